The zero-order chi connectivity index (χ0) is 21.2. The lowest BCUT2D eigenvalue weighted by Crippen LogP contribution is -2.04. The summed E-state index contributed by atoms with van der Waals surface area (Å²) in [5.74, 6) is 2.46. The van der Waals surface area contributed by atoms with E-state index in [4.69, 9.17) is 15.0 Å². The first-order valence-electron chi connectivity index (χ1n) is 10.0. The fourth-order valence-corrected chi connectivity index (χ4v) is 4.76. The average Bonchev–Trinajstić information content (AvgIpc) is 3.47. The van der Waals surface area contributed by atoms with Crippen LogP contribution in [0.4, 0.5) is 5.82 Å². The highest BCUT2D eigenvalue weighted by atomic mass is 127. The SMILES string of the molecule is CC(c1ccccc1)c1nc2c(NCc3cccc(I)c3)nc(-c3cccs3)nc2[nH]1. The van der Waals surface area contributed by atoms with Crippen LogP contribution in [-0.4, -0.2) is 19.9 Å². The highest BCUT2D eigenvalue weighted by Crippen LogP contribution is 2.29. The van der Waals surface area contributed by atoms with Crippen molar-refractivity contribution in [2.75, 3.05) is 5.32 Å². The molecule has 0 bridgehead atoms. The van der Waals surface area contributed by atoms with E-state index in [0.29, 0.717) is 12.4 Å². The molecule has 0 fully saturated rings. The van der Waals surface area contributed by atoms with Gasteiger partial charge in [-0.05, 0) is 57.3 Å². The molecule has 31 heavy (non-hydrogen) atoms. The molecule has 0 radical (unpaired) electrons. The molecule has 2 aromatic carbocycles. The van der Waals surface area contributed by atoms with Gasteiger partial charge in [-0.1, -0.05) is 55.5 Å². The maximum Gasteiger partial charge on any atom is 0.173 e. The number of H-pyrrole nitrogens is 1. The molecule has 0 amide bonds. The molecule has 0 aliphatic heterocycles. The van der Waals surface area contributed by atoms with Crippen molar-refractivity contribution in [1.29, 1.82) is 0 Å². The van der Waals surface area contributed by atoms with Gasteiger partial charge < -0.3 is 10.3 Å². The molecule has 1 atom stereocenters. The van der Waals surface area contributed by atoms with Gasteiger partial charge in [0.05, 0.1) is 4.88 Å². The second-order valence-electron chi connectivity index (χ2n) is 7.31. The summed E-state index contributed by atoms with van der Waals surface area (Å²) in [4.78, 5) is 19.0. The van der Waals surface area contributed by atoms with Crippen LogP contribution in [0.1, 0.15) is 29.8 Å². The quantitative estimate of drug-likeness (QED) is 0.245. The summed E-state index contributed by atoms with van der Waals surface area (Å²) in [6.45, 7) is 2.82. The molecule has 3 aromatic heterocycles. The zero-order valence-electron chi connectivity index (χ0n) is 16.8. The van der Waals surface area contributed by atoms with Crippen molar-refractivity contribution in [2.24, 2.45) is 0 Å². The fourth-order valence-electron chi connectivity index (χ4n) is 3.49. The van der Waals surface area contributed by atoms with Gasteiger partial charge in [-0.25, -0.2) is 15.0 Å². The third kappa shape index (κ3) is 4.33. The Morgan fingerprint density at radius 2 is 1.87 bits per heavy atom. The van der Waals surface area contributed by atoms with Crippen molar-refractivity contribution in [3.8, 4) is 10.7 Å². The summed E-state index contributed by atoms with van der Waals surface area (Å²) in [7, 11) is 0. The Labute approximate surface area is 198 Å². The largest absolute Gasteiger partial charge is 0.364 e. The molecule has 0 aliphatic rings. The van der Waals surface area contributed by atoms with E-state index >= 15 is 0 Å². The summed E-state index contributed by atoms with van der Waals surface area (Å²) in [6.07, 6.45) is 0. The molecule has 5 aromatic rings. The van der Waals surface area contributed by atoms with Gasteiger partial charge in [-0.3, -0.25) is 0 Å². The molecule has 0 saturated carbocycles. The van der Waals surface area contributed by atoms with Crippen LogP contribution >= 0.6 is 33.9 Å². The highest BCUT2D eigenvalue weighted by molar-refractivity contribution is 14.1. The molecular formula is C24H20IN5S. The van der Waals surface area contributed by atoms with Crippen LogP contribution < -0.4 is 5.32 Å². The number of fused-ring (bicyclic) bond motifs is 1. The predicted molar refractivity (Wildman–Crippen MR) is 135 cm³/mol. The van der Waals surface area contributed by atoms with Gasteiger partial charge in [0.25, 0.3) is 0 Å². The lowest BCUT2D eigenvalue weighted by atomic mass is 10.0. The van der Waals surface area contributed by atoms with E-state index in [0.717, 1.165) is 27.7 Å². The van der Waals surface area contributed by atoms with E-state index < -0.39 is 0 Å². The number of nitrogens with zero attached hydrogens (tertiary/aromatic N) is 3. The topological polar surface area (TPSA) is 66.5 Å². The number of anilines is 1. The molecule has 0 spiro atoms. The second-order valence-corrected chi connectivity index (χ2v) is 9.50. The summed E-state index contributed by atoms with van der Waals surface area (Å²) < 4.78 is 1.21. The number of imidazole rings is 1. The number of benzene rings is 2. The first kappa shape index (κ1) is 20.1. The fraction of sp³-hybridized carbons (Fsp3) is 0.125. The van der Waals surface area contributed by atoms with Crippen molar-refractivity contribution < 1.29 is 0 Å². The van der Waals surface area contributed by atoms with Gasteiger partial charge in [0.15, 0.2) is 22.8 Å². The van der Waals surface area contributed by atoms with Crippen LogP contribution in [0.15, 0.2) is 72.1 Å². The Morgan fingerprint density at radius 1 is 1.00 bits per heavy atom. The van der Waals surface area contributed by atoms with E-state index in [1.165, 1.54) is 14.7 Å². The Bertz CT molecular complexity index is 1310. The lowest BCUT2D eigenvalue weighted by molar-refractivity contribution is 0.844. The molecule has 2 N–H and O–H groups in total. The molecule has 5 nitrogen and oxygen atoms in total. The van der Waals surface area contributed by atoms with E-state index in [9.17, 15) is 0 Å². The molecule has 3 heterocycles. The van der Waals surface area contributed by atoms with Crippen LogP contribution in [0.25, 0.3) is 21.9 Å². The number of rotatable bonds is 6. The van der Waals surface area contributed by atoms with Crippen LogP contribution in [0.2, 0.25) is 0 Å². The van der Waals surface area contributed by atoms with Crippen molar-refractivity contribution in [3.05, 3.63) is 92.6 Å². The van der Waals surface area contributed by atoms with Crippen LogP contribution in [-0.2, 0) is 6.54 Å². The number of nitrogens with one attached hydrogen (secondary N) is 2. The molecule has 0 aliphatic carbocycles. The van der Waals surface area contributed by atoms with E-state index in [1.54, 1.807) is 11.3 Å². The van der Waals surface area contributed by atoms with Crippen LogP contribution in [0.3, 0.4) is 0 Å². The smallest absolute Gasteiger partial charge is 0.173 e. The number of halogens is 1. The Balaban J connectivity index is 1.55. The number of aromatic nitrogens is 4. The van der Waals surface area contributed by atoms with E-state index in [1.807, 2.05) is 23.6 Å². The Hall–Kier alpha value is -2.78. The first-order valence-corrected chi connectivity index (χ1v) is 12.0. The number of hydrogen-bond acceptors (Lipinski definition) is 5. The minimum Gasteiger partial charge on any atom is -0.364 e. The van der Waals surface area contributed by atoms with E-state index in [2.05, 4.69) is 88.3 Å². The minimum atomic E-state index is 0.129. The number of thiophene rings is 1. The highest BCUT2D eigenvalue weighted by Gasteiger charge is 2.18. The summed E-state index contributed by atoms with van der Waals surface area (Å²) in [6, 6.07) is 22.9. The van der Waals surface area contributed by atoms with Crippen LogP contribution in [0.5, 0.6) is 0 Å². The molecule has 1 unspecified atom stereocenters. The predicted octanol–water partition coefficient (Wildman–Crippen LogP) is 6.45. The maximum absolute atomic E-state index is 4.90. The molecule has 154 valence electrons. The average molecular weight is 537 g/mol. The number of aromatic amines is 1. The van der Waals surface area contributed by atoms with Gasteiger partial charge in [-0.2, -0.15) is 0 Å². The molecular weight excluding hydrogens is 517 g/mol. The minimum absolute atomic E-state index is 0.129. The monoisotopic (exact) mass is 537 g/mol. The molecule has 5 rings (SSSR count). The maximum atomic E-state index is 4.90. The third-order valence-corrected chi connectivity index (χ3v) is 6.70. The Kier molecular flexibility index (Phi) is 5.69. The normalized spacial score (nSPS) is 12.2. The molecule has 0 saturated heterocycles. The number of hydrogen-bond donors (Lipinski definition) is 2. The van der Waals surface area contributed by atoms with Gasteiger partial charge in [0.2, 0.25) is 0 Å². The third-order valence-electron chi connectivity index (χ3n) is 5.16. The zero-order valence-corrected chi connectivity index (χ0v) is 19.8. The standard InChI is InChI=1S/C24H20IN5S/c1-15(17-8-3-2-4-9-17)21-27-20-23(26-14-16-7-5-10-18(25)13-16)29-22(30-24(20)28-21)19-11-6-12-31-19/h2-13,15H,14H2,1H3,(H2,26,27,28,29,30). The van der Waals surface area contributed by atoms with E-state index in [-0.39, 0.29) is 5.92 Å². The first-order chi connectivity index (χ1) is 15.2. The van der Waals surface area contributed by atoms with Gasteiger partial charge in [0, 0.05) is 16.0 Å². The van der Waals surface area contributed by atoms with Gasteiger partial charge >= 0.3 is 0 Å². The lowest BCUT2D eigenvalue weighted by Gasteiger charge is -2.08. The molecule has 7 heteroatoms. The van der Waals surface area contributed by atoms with Crippen molar-refractivity contribution in [2.45, 2.75) is 19.4 Å². The summed E-state index contributed by atoms with van der Waals surface area (Å²) >= 11 is 3.96. The van der Waals surface area contributed by atoms with Gasteiger partial charge in [0.1, 0.15) is 5.82 Å². The second kappa shape index (κ2) is 8.76. The Morgan fingerprint density at radius 3 is 2.65 bits per heavy atom. The van der Waals surface area contributed by atoms with Crippen molar-refractivity contribution in [3.63, 3.8) is 0 Å². The van der Waals surface area contributed by atoms with Gasteiger partial charge in [-0.15, -0.1) is 11.3 Å². The van der Waals surface area contributed by atoms with Crippen LogP contribution in [0, 0.1) is 3.57 Å². The summed E-state index contributed by atoms with van der Waals surface area (Å²) in [5, 5.41) is 5.53. The summed E-state index contributed by atoms with van der Waals surface area (Å²) in [5.41, 5.74) is 3.93. The van der Waals surface area contributed by atoms with Crippen molar-refractivity contribution in [1.82, 2.24) is 19.9 Å². The van der Waals surface area contributed by atoms with Crippen molar-refractivity contribution >= 4 is 50.9 Å².